The van der Waals surface area contributed by atoms with Gasteiger partial charge in [0.05, 0.1) is 20.2 Å². The van der Waals surface area contributed by atoms with Crippen LogP contribution >= 0.6 is 0 Å². The third-order valence-electron chi connectivity index (χ3n) is 1.58. The maximum Gasteiger partial charge on any atom is 0.337 e. The molecule has 3 heteroatoms. The molecule has 0 saturated heterocycles. The third-order valence-corrected chi connectivity index (χ3v) is 1.58. The average Bonchev–Trinajstić information content (AvgIpc) is 1.84. The second-order valence-electron chi connectivity index (χ2n) is 2.46. The van der Waals surface area contributed by atoms with Crippen molar-refractivity contribution in [2.75, 3.05) is 0 Å². The van der Waals surface area contributed by atoms with Crippen molar-refractivity contribution in [1.82, 2.24) is 4.57 Å². The van der Waals surface area contributed by atoms with E-state index in [1.54, 1.807) is 24.0 Å². The van der Waals surface area contributed by atoms with Crippen molar-refractivity contribution >= 4 is 0 Å². The minimum atomic E-state index is 0.0376. The molecular weight excluding hydrogens is 128 g/mol. The second-order valence-corrected chi connectivity index (χ2v) is 2.46. The topological polar surface area (TPSA) is 25.9 Å². The van der Waals surface area contributed by atoms with E-state index in [1.165, 1.54) is 0 Å². The molecule has 0 aliphatic carbocycles. The lowest BCUT2D eigenvalue weighted by molar-refractivity contribution is -0.682. The van der Waals surface area contributed by atoms with Gasteiger partial charge in [0.1, 0.15) is 5.69 Å². The first kappa shape index (κ1) is 6.99. The highest BCUT2D eigenvalue weighted by atomic mass is 16.1. The summed E-state index contributed by atoms with van der Waals surface area (Å²) in [6, 6.07) is 1.61. The molecule has 0 fully saturated rings. The van der Waals surface area contributed by atoms with Crippen LogP contribution in [0.5, 0.6) is 0 Å². The maximum absolute atomic E-state index is 10.9. The Bertz CT molecular complexity index is 301. The highest BCUT2D eigenvalue weighted by Gasteiger charge is 2.00. The van der Waals surface area contributed by atoms with E-state index in [-0.39, 0.29) is 5.56 Å². The standard InChI is InChI=1S/C7H11N2O/c1-6-4-7(10)9(3)5-8(6)2/h4-5H,1-3H3/q+1. The number of aromatic nitrogens is 2. The lowest BCUT2D eigenvalue weighted by Gasteiger charge is -1.95. The van der Waals surface area contributed by atoms with E-state index in [1.807, 2.05) is 18.5 Å². The molecule has 1 aromatic heterocycles. The molecule has 0 saturated carbocycles. The lowest BCUT2D eigenvalue weighted by atomic mass is 10.4. The summed E-state index contributed by atoms with van der Waals surface area (Å²) in [5.41, 5.74) is 1.01. The largest absolute Gasteiger partial charge is 0.337 e. The van der Waals surface area contributed by atoms with Crippen LogP contribution < -0.4 is 10.1 Å². The van der Waals surface area contributed by atoms with Crippen LogP contribution in [0.3, 0.4) is 0 Å². The zero-order valence-electron chi connectivity index (χ0n) is 6.46. The van der Waals surface area contributed by atoms with Gasteiger partial charge in [0.2, 0.25) is 6.33 Å². The second kappa shape index (κ2) is 2.25. The Labute approximate surface area is 59.5 Å². The molecule has 0 aliphatic rings. The molecular formula is C7H11N2O+. The predicted molar refractivity (Wildman–Crippen MR) is 37.6 cm³/mol. The molecule has 0 spiro atoms. The first-order valence-electron chi connectivity index (χ1n) is 3.14. The molecule has 0 bridgehead atoms. The molecule has 0 radical (unpaired) electrons. The van der Waals surface area contributed by atoms with Gasteiger partial charge in [-0.05, 0) is 6.92 Å². The van der Waals surface area contributed by atoms with Crippen molar-refractivity contribution in [3.05, 3.63) is 28.4 Å². The number of nitrogens with zero attached hydrogens (tertiary/aromatic N) is 2. The van der Waals surface area contributed by atoms with Crippen molar-refractivity contribution in [3.8, 4) is 0 Å². The zero-order chi connectivity index (χ0) is 7.72. The maximum atomic E-state index is 10.9. The summed E-state index contributed by atoms with van der Waals surface area (Å²) in [6.07, 6.45) is 1.76. The Balaban J connectivity index is 3.43. The number of hydrogen-bond donors (Lipinski definition) is 0. The van der Waals surface area contributed by atoms with Gasteiger partial charge in [-0.25, -0.2) is 13.9 Å². The monoisotopic (exact) mass is 139 g/mol. The Morgan fingerprint density at radius 2 is 2.20 bits per heavy atom. The molecule has 0 aliphatic heterocycles. The van der Waals surface area contributed by atoms with Crippen LogP contribution in [0.15, 0.2) is 17.2 Å². The Morgan fingerprint density at radius 3 is 2.70 bits per heavy atom. The molecule has 54 valence electrons. The van der Waals surface area contributed by atoms with Gasteiger partial charge in [0.15, 0.2) is 0 Å². The average molecular weight is 139 g/mol. The Hall–Kier alpha value is -1.12. The van der Waals surface area contributed by atoms with E-state index in [0.717, 1.165) is 5.69 Å². The number of rotatable bonds is 0. The molecule has 10 heavy (non-hydrogen) atoms. The SMILES string of the molecule is Cc1cc(=O)n(C)c[n+]1C. The molecule has 1 aromatic rings. The van der Waals surface area contributed by atoms with Crippen LogP contribution in [0.25, 0.3) is 0 Å². The van der Waals surface area contributed by atoms with E-state index < -0.39 is 0 Å². The van der Waals surface area contributed by atoms with Gasteiger partial charge in [-0.1, -0.05) is 0 Å². The van der Waals surface area contributed by atoms with Crippen molar-refractivity contribution in [3.63, 3.8) is 0 Å². The fourth-order valence-corrected chi connectivity index (χ4v) is 0.790. The van der Waals surface area contributed by atoms with E-state index in [0.29, 0.717) is 0 Å². The van der Waals surface area contributed by atoms with Crippen molar-refractivity contribution in [1.29, 1.82) is 0 Å². The molecule has 0 atom stereocenters. The molecule has 0 N–H and O–H groups in total. The summed E-state index contributed by atoms with van der Waals surface area (Å²) < 4.78 is 3.45. The highest BCUT2D eigenvalue weighted by Crippen LogP contribution is 1.77. The van der Waals surface area contributed by atoms with Crippen molar-refractivity contribution in [2.24, 2.45) is 14.1 Å². The van der Waals surface area contributed by atoms with E-state index in [2.05, 4.69) is 0 Å². The van der Waals surface area contributed by atoms with Gasteiger partial charge < -0.3 is 0 Å². The number of aryl methyl sites for hydroxylation is 3. The summed E-state index contributed by atoms with van der Waals surface area (Å²) in [5, 5.41) is 0. The van der Waals surface area contributed by atoms with E-state index >= 15 is 0 Å². The van der Waals surface area contributed by atoms with Crippen LogP contribution in [0.1, 0.15) is 5.69 Å². The first-order chi connectivity index (χ1) is 4.61. The third kappa shape index (κ3) is 1.07. The predicted octanol–water partition coefficient (Wildman–Crippen LogP) is -0.482. The Morgan fingerprint density at radius 1 is 1.60 bits per heavy atom. The van der Waals surface area contributed by atoms with Crippen LogP contribution in [0, 0.1) is 6.92 Å². The van der Waals surface area contributed by atoms with Crippen LogP contribution in [-0.2, 0) is 14.1 Å². The normalized spacial score (nSPS) is 9.90. The fourth-order valence-electron chi connectivity index (χ4n) is 0.790. The summed E-state index contributed by atoms with van der Waals surface area (Å²) in [6.45, 7) is 1.90. The van der Waals surface area contributed by atoms with E-state index in [9.17, 15) is 4.79 Å². The molecule has 0 amide bonds. The molecule has 1 heterocycles. The molecule has 1 rings (SSSR count). The van der Waals surface area contributed by atoms with Gasteiger partial charge in [-0.15, -0.1) is 0 Å². The Kier molecular flexibility index (Phi) is 1.57. The first-order valence-corrected chi connectivity index (χ1v) is 3.14. The number of hydrogen-bond acceptors (Lipinski definition) is 1. The molecule has 0 unspecified atom stereocenters. The molecule has 3 nitrogen and oxygen atoms in total. The van der Waals surface area contributed by atoms with Gasteiger partial charge in [-0.3, -0.25) is 0 Å². The molecule has 0 aromatic carbocycles. The van der Waals surface area contributed by atoms with Crippen LogP contribution in [-0.4, -0.2) is 4.57 Å². The summed E-state index contributed by atoms with van der Waals surface area (Å²) in [4.78, 5) is 10.9. The smallest absolute Gasteiger partial charge is 0.241 e. The fraction of sp³-hybridized carbons (Fsp3) is 0.429. The van der Waals surface area contributed by atoms with E-state index in [4.69, 9.17) is 0 Å². The van der Waals surface area contributed by atoms with Gasteiger partial charge in [0, 0.05) is 0 Å². The van der Waals surface area contributed by atoms with Crippen LogP contribution in [0.2, 0.25) is 0 Å². The summed E-state index contributed by atoms with van der Waals surface area (Å²) in [7, 11) is 3.65. The minimum Gasteiger partial charge on any atom is -0.241 e. The lowest BCUT2D eigenvalue weighted by Crippen LogP contribution is -2.38. The van der Waals surface area contributed by atoms with Gasteiger partial charge >= 0.3 is 5.56 Å². The van der Waals surface area contributed by atoms with Crippen molar-refractivity contribution < 1.29 is 4.57 Å². The summed E-state index contributed by atoms with van der Waals surface area (Å²) in [5.74, 6) is 0. The minimum absolute atomic E-state index is 0.0376. The van der Waals surface area contributed by atoms with Crippen LogP contribution in [0.4, 0.5) is 0 Å². The zero-order valence-corrected chi connectivity index (χ0v) is 6.46. The van der Waals surface area contributed by atoms with Crippen molar-refractivity contribution in [2.45, 2.75) is 6.92 Å². The summed E-state index contributed by atoms with van der Waals surface area (Å²) >= 11 is 0. The van der Waals surface area contributed by atoms with Gasteiger partial charge in [0.25, 0.3) is 0 Å². The quantitative estimate of drug-likeness (QED) is 0.446. The van der Waals surface area contributed by atoms with Gasteiger partial charge in [-0.2, -0.15) is 0 Å². The highest BCUT2D eigenvalue weighted by molar-refractivity contribution is 4.88.